The Morgan fingerprint density at radius 1 is 1.83 bits per heavy atom. The van der Waals surface area contributed by atoms with Gasteiger partial charge in [-0.1, -0.05) is 0 Å². The van der Waals surface area contributed by atoms with Gasteiger partial charge in [-0.2, -0.15) is 0 Å². The summed E-state index contributed by atoms with van der Waals surface area (Å²) in [6, 6.07) is 0. The van der Waals surface area contributed by atoms with Crippen LogP contribution in [0.25, 0.3) is 6.08 Å². The number of nitro groups is 1. The van der Waals surface area contributed by atoms with E-state index in [0.717, 1.165) is 0 Å². The van der Waals surface area contributed by atoms with Gasteiger partial charge in [0.1, 0.15) is 5.82 Å². The average Bonchev–Trinajstić information content (AvgIpc) is 2.36. The fourth-order valence-electron chi connectivity index (χ4n) is 0.756. The molecule has 1 heterocycles. The average molecular weight is 167 g/mol. The van der Waals surface area contributed by atoms with Gasteiger partial charge in [0.05, 0.1) is 11.0 Å². The van der Waals surface area contributed by atoms with Crippen molar-refractivity contribution in [2.24, 2.45) is 7.05 Å². The zero-order chi connectivity index (χ0) is 9.14. The van der Waals surface area contributed by atoms with Crippen LogP contribution in [0, 0.1) is 10.1 Å². The van der Waals surface area contributed by atoms with E-state index in [9.17, 15) is 10.1 Å². The van der Waals surface area contributed by atoms with E-state index in [4.69, 9.17) is 0 Å². The molecule has 0 saturated carbocycles. The summed E-state index contributed by atoms with van der Waals surface area (Å²) < 4.78 is 1.72. The van der Waals surface area contributed by atoms with Crippen molar-refractivity contribution < 1.29 is 4.92 Å². The molecule has 5 heteroatoms. The Hall–Kier alpha value is -1.65. The molecule has 0 aromatic carbocycles. The van der Waals surface area contributed by atoms with Gasteiger partial charge in [0.25, 0.3) is 0 Å². The molecule has 0 bridgehead atoms. The molecular weight excluding hydrogens is 158 g/mol. The van der Waals surface area contributed by atoms with Crippen molar-refractivity contribution in [2.45, 2.75) is 6.92 Å². The van der Waals surface area contributed by atoms with E-state index in [1.54, 1.807) is 24.0 Å². The fourth-order valence-corrected chi connectivity index (χ4v) is 0.756. The molecule has 0 fully saturated rings. The first-order valence-electron chi connectivity index (χ1n) is 3.41. The molecule has 1 aromatic heterocycles. The lowest BCUT2D eigenvalue weighted by atomic mass is 10.4. The number of allylic oxidation sites excluding steroid dienone is 1. The van der Waals surface area contributed by atoms with Crippen LogP contribution >= 0.6 is 0 Å². The van der Waals surface area contributed by atoms with Crippen LogP contribution in [0.2, 0.25) is 0 Å². The third kappa shape index (κ3) is 1.69. The van der Waals surface area contributed by atoms with Crippen LogP contribution in [-0.4, -0.2) is 14.5 Å². The molecular formula is C7H9N3O2. The summed E-state index contributed by atoms with van der Waals surface area (Å²) in [5, 5.41) is 10.2. The van der Waals surface area contributed by atoms with Gasteiger partial charge in [0.2, 0.25) is 5.70 Å². The predicted molar refractivity (Wildman–Crippen MR) is 43.9 cm³/mol. The summed E-state index contributed by atoms with van der Waals surface area (Å²) in [4.78, 5) is 13.7. The summed E-state index contributed by atoms with van der Waals surface area (Å²) in [5.74, 6) is 0.587. The molecule has 0 unspecified atom stereocenters. The summed E-state index contributed by atoms with van der Waals surface area (Å²) in [5.41, 5.74) is 0.0873. The number of imidazole rings is 1. The Labute approximate surface area is 69.5 Å². The van der Waals surface area contributed by atoms with Crippen LogP contribution in [0.1, 0.15) is 12.7 Å². The minimum atomic E-state index is -0.436. The third-order valence-corrected chi connectivity index (χ3v) is 1.48. The van der Waals surface area contributed by atoms with E-state index in [1.165, 1.54) is 13.0 Å². The molecule has 5 nitrogen and oxygen atoms in total. The second kappa shape index (κ2) is 3.17. The molecule has 0 N–H and O–H groups in total. The first-order chi connectivity index (χ1) is 5.61. The number of aromatic nitrogens is 2. The maximum absolute atomic E-state index is 10.2. The number of nitrogens with zero attached hydrogens (tertiary/aromatic N) is 3. The Bertz CT molecular complexity index is 327. The van der Waals surface area contributed by atoms with Gasteiger partial charge in [-0.3, -0.25) is 10.1 Å². The van der Waals surface area contributed by atoms with Crippen LogP contribution in [0.4, 0.5) is 0 Å². The van der Waals surface area contributed by atoms with Crippen molar-refractivity contribution >= 4 is 6.08 Å². The zero-order valence-electron chi connectivity index (χ0n) is 6.89. The highest BCUT2D eigenvalue weighted by molar-refractivity contribution is 5.42. The first-order valence-corrected chi connectivity index (χ1v) is 3.41. The van der Waals surface area contributed by atoms with Gasteiger partial charge in [-0.05, 0) is 0 Å². The lowest BCUT2D eigenvalue weighted by molar-refractivity contribution is -0.422. The molecule has 0 aliphatic rings. The number of hydrogen-bond donors (Lipinski definition) is 0. The molecule has 1 aromatic rings. The van der Waals surface area contributed by atoms with Crippen LogP contribution in [-0.2, 0) is 7.05 Å². The van der Waals surface area contributed by atoms with E-state index in [2.05, 4.69) is 4.98 Å². The number of hydrogen-bond acceptors (Lipinski definition) is 3. The standard InChI is InChI=1S/C7H9N3O2/c1-6(10(11)12)5-7-8-3-4-9(7)2/h3-5H,1-2H3/b6-5-. The van der Waals surface area contributed by atoms with Crippen molar-refractivity contribution in [3.05, 3.63) is 34.0 Å². The van der Waals surface area contributed by atoms with Crippen LogP contribution in [0.5, 0.6) is 0 Å². The fraction of sp³-hybridized carbons (Fsp3) is 0.286. The number of aryl methyl sites for hydroxylation is 1. The molecule has 0 aliphatic carbocycles. The van der Waals surface area contributed by atoms with E-state index in [1.807, 2.05) is 0 Å². The normalized spacial score (nSPS) is 11.7. The van der Waals surface area contributed by atoms with Crippen LogP contribution in [0.3, 0.4) is 0 Å². The minimum Gasteiger partial charge on any atom is -0.334 e. The Morgan fingerprint density at radius 2 is 2.50 bits per heavy atom. The van der Waals surface area contributed by atoms with E-state index in [0.29, 0.717) is 5.82 Å². The molecule has 1 rings (SSSR count). The van der Waals surface area contributed by atoms with Gasteiger partial charge in [0.15, 0.2) is 0 Å². The third-order valence-electron chi connectivity index (χ3n) is 1.48. The van der Waals surface area contributed by atoms with E-state index < -0.39 is 4.92 Å². The lowest BCUT2D eigenvalue weighted by Gasteiger charge is -1.93. The zero-order valence-corrected chi connectivity index (χ0v) is 6.89. The molecule has 0 spiro atoms. The van der Waals surface area contributed by atoms with Crippen molar-refractivity contribution in [1.29, 1.82) is 0 Å². The molecule has 0 saturated heterocycles. The summed E-state index contributed by atoms with van der Waals surface area (Å²) in [6.07, 6.45) is 4.76. The van der Waals surface area contributed by atoms with Crippen molar-refractivity contribution in [1.82, 2.24) is 9.55 Å². The van der Waals surface area contributed by atoms with Crippen LogP contribution < -0.4 is 0 Å². The molecule has 0 amide bonds. The largest absolute Gasteiger partial charge is 0.334 e. The Balaban J connectivity index is 2.95. The quantitative estimate of drug-likeness (QED) is 0.488. The highest BCUT2D eigenvalue weighted by Gasteiger charge is 2.03. The number of rotatable bonds is 2. The lowest BCUT2D eigenvalue weighted by Crippen LogP contribution is -1.96. The highest BCUT2D eigenvalue weighted by Crippen LogP contribution is 2.02. The Morgan fingerprint density at radius 3 is 2.92 bits per heavy atom. The Kier molecular flexibility index (Phi) is 2.23. The van der Waals surface area contributed by atoms with Gasteiger partial charge in [-0.15, -0.1) is 0 Å². The van der Waals surface area contributed by atoms with Crippen molar-refractivity contribution in [3.8, 4) is 0 Å². The SMILES string of the molecule is C/C(=C/c1nccn1C)[N+](=O)[O-]. The molecule has 0 radical (unpaired) electrons. The van der Waals surface area contributed by atoms with Crippen molar-refractivity contribution in [2.75, 3.05) is 0 Å². The van der Waals surface area contributed by atoms with Gasteiger partial charge in [0, 0.05) is 26.4 Å². The molecule has 64 valence electrons. The maximum atomic E-state index is 10.2. The maximum Gasteiger partial charge on any atom is 0.246 e. The second-order valence-corrected chi connectivity index (χ2v) is 2.44. The highest BCUT2D eigenvalue weighted by atomic mass is 16.6. The second-order valence-electron chi connectivity index (χ2n) is 2.44. The molecule has 0 aliphatic heterocycles. The minimum absolute atomic E-state index is 0.0873. The van der Waals surface area contributed by atoms with Crippen LogP contribution in [0.15, 0.2) is 18.1 Å². The monoisotopic (exact) mass is 167 g/mol. The first kappa shape index (κ1) is 8.45. The molecule has 12 heavy (non-hydrogen) atoms. The summed E-state index contributed by atoms with van der Waals surface area (Å²) >= 11 is 0. The topological polar surface area (TPSA) is 61.0 Å². The van der Waals surface area contributed by atoms with E-state index >= 15 is 0 Å². The predicted octanol–water partition coefficient (Wildman–Crippen LogP) is 1.06. The molecule has 0 atom stereocenters. The van der Waals surface area contributed by atoms with E-state index in [-0.39, 0.29) is 5.70 Å². The summed E-state index contributed by atoms with van der Waals surface area (Å²) in [6.45, 7) is 1.44. The van der Waals surface area contributed by atoms with Gasteiger partial charge >= 0.3 is 0 Å². The van der Waals surface area contributed by atoms with Gasteiger partial charge < -0.3 is 4.57 Å². The van der Waals surface area contributed by atoms with Crippen molar-refractivity contribution in [3.63, 3.8) is 0 Å². The van der Waals surface area contributed by atoms with Gasteiger partial charge in [-0.25, -0.2) is 4.98 Å². The smallest absolute Gasteiger partial charge is 0.246 e. The summed E-state index contributed by atoms with van der Waals surface area (Å²) in [7, 11) is 1.78.